The normalized spacial score (nSPS) is 16.6. The number of carbonyl (C=O) groups excluding carboxylic acids is 1. The van der Waals surface area contributed by atoms with E-state index in [9.17, 15) is 23.4 Å². The second-order valence-corrected chi connectivity index (χ2v) is 7.64. The van der Waals surface area contributed by atoms with Crippen molar-refractivity contribution in [3.05, 3.63) is 89.0 Å². The van der Waals surface area contributed by atoms with Gasteiger partial charge in [0.1, 0.15) is 16.4 Å². The summed E-state index contributed by atoms with van der Waals surface area (Å²) in [4.78, 5) is 11.3. The summed E-state index contributed by atoms with van der Waals surface area (Å²) in [6, 6.07) is 16.5. The lowest BCUT2D eigenvalue weighted by Crippen LogP contribution is -2.29. The molecule has 0 aliphatic carbocycles. The summed E-state index contributed by atoms with van der Waals surface area (Å²) in [5, 5.41) is 19.3. The van der Waals surface area contributed by atoms with Crippen LogP contribution in [0.2, 0.25) is 0 Å². The van der Waals surface area contributed by atoms with Gasteiger partial charge in [-0.1, -0.05) is 42.5 Å². The minimum Gasteiger partial charge on any atom is -0.508 e. The largest absolute Gasteiger partial charge is 0.508 e. The third-order valence-electron chi connectivity index (χ3n) is 4.58. The number of benzene rings is 3. The van der Waals surface area contributed by atoms with E-state index in [-0.39, 0.29) is 22.0 Å². The Bertz CT molecular complexity index is 1090. The lowest BCUT2D eigenvalue weighted by molar-refractivity contribution is 0.112. The maximum Gasteiger partial charge on any atom is 0.299 e. The fraction of sp³-hybridized carbons (Fsp3) is 0.0500. The molecule has 1 heterocycles. The highest BCUT2D eigenvalue weighted by Gasteiger charge is 2.52. The quantitative estimate of drug-likeness (QED) is 0.534. The first kappa shape index (κ1) is 17.3. The molecule has 7 heteroatoms. The van der Waals surface area contributed by atoms with Crippen molar-refractivity contribution < 1.29 is 27.6 Å². The molecule has 1 aliphatic rings. The average molecular weight is 382 g/mol. The number of aldehydes is 1. The zero-order chi connectivity index (χ0) is 19.2. The first-order valence-corrected chi connectivity index (χ1v) is 9.42. The van der Waals surface area contributed by atoms with E-state index in [1.807, 2.05) is 0 Å². The number of carbonyl (C=O) groups is 1. The topological polar surface area (TPSA) is 101 Å². The van der Waals surface area contributed by atoms with E-state index in [2.05, 4.69) is 0 Å². The molecule has 2 N–H and O–H groups in total. The third-order valence-corrected chi connectivity index (χ3v) is 6.01. The van der Waals surface area contributed by atoms with E-state index in [1.54, 1.807) is 36.4 Å². The Labute approximate surface area is 155 Å². The van der Waals surface area contributed by atoms with E-state index in [1.165, 1.54) is 30.3 Å². The molecule has 0 amide bonds. The molecule has 3 aromatic rings. The summed E-state index contributed by atoms with van der Waals surface area (Å²) in [7, 11) is -4.23. The molecule has 0 unspecified atom stereocenters. The average Bonchev–Trinajstić information content (AvgIpc) is 2.91. The van der Waals surface area contributed by atoms with Crippen molar-refractivity contribution in [2.24, 2.45) is 0 Å². The standard InChI is InChI=1S/C20H14O6S/c21-12-13-2-1-3-18-19(13)27(24,25)26-20(18,14-4-8-16(22)9-5-14)15-6-10-17(23)11-7-15/h1-12,22-23H. The van der Waals surface area contributed by atoms with Crippen LogP contribution in [0.3, 0.4) is 0 Å². The van der Waals surface area contributed by atoms with Crippen molar-refractivity contribution in [2.75, 3.05) is 0 Å². The van der Waals surface area contributed by atoms with Crippen LogP contribution < -0.4 is 0 Å². The smallest absolute Gasteiger partial charge is 0.299 e. The Balaban J connectivity index is 2.12. The zero-order valence-electron chi connectivity index (χ0n) is 13.9. The van der Waals surface area contributed by atoms with Gasteiger partial charge in [-0.15, -0.1) is 0 Å². The van der Waals surface area contributed by atoms with Crippen molar-refractivity contribution >= 4 is 16.4 Å². The Morgan fingerprint density at radius 3 is 1.81 bits per heavy atom. The van der Waals surface area contributed by atoms with Gasteiger partial charge in [0.15, 0.2) is 11.9 Å². The van der Waals surface area contributed by atoms with Gasteiger partial charge < -0.3 is 10.2 Å². The number of phenolic OH excluding ortho intramolecular Hbond substituents is 2. The van der Waals surface area contributed by atoms with Crippen LogP contribution in [0.25, 0.3) is 0 Å². The molecule has 0 spiro atoms. The fourth-order valence-electron chi connectivity index (χ4n) is 3.42. The number of hydrogen-bond donors (Lipinski definition) is 2. The van der Waals surface area contributed by atoms with Crippen molar-refractivity contribution in [1.29, 1.82) is 0 Å². The van der Waals surface area contributed by atoms with Gasteiger partial charge in [0.25, 0.3) is 10.1 Å². The first-order valence-electron chi connectivity index (χ1n) is 8.02. The van der Waals surface area contributed by atoms with Crippen LogP contribution in [0.1, 0.15) is 27.0 Å². The predicted molar refractivity (Wildman–Crippen MR) is 96.2 cm³/mol. The van der Waals surface area contributed by atoms with Gasteiger partial charge in [0.2, 0.25) is 0 Å². The summed E-state index contributed by atoms with van der Waals surface area (Å²) in [6.45, 7) is 0. The number of phenols is 2. The number of hydrogen-bond acceptors (Lipinski definition) is 6. The van der Waals surface area contributed by atoms with Crippen LogP contribution in [0, 0.1) is 0 Å². The molecule has 4 rings (SSSR count). The van der Waals surface area contributed by atoms with Crippen LogP contribution >= 0.6 is 0 Å². The molecule has 0 radical (unpaired) electrons. The maximum absolute atomic E-state index is 12.8. The molecule has 0 saturated carbocycles. The Kier molecular flexibility index (Phi) is 3.80. The summed E-state index contributed by atoms with van der Waals surface area (Å²) < 4.78 is 31.3. The van der Waals surface area contributed by atoms with Gasteiger partial charge in [-0.3, -0.25) is 4.79 Å². The number of aromatic hydroxyl groups is 2. The highest BCUT2D eigenvalue weighted by Crippen LogP contribution is 2.51. The van der Waals surface area contributed by atoms with E-state index in [4.69, 9.17) is 4.18 Å². The fourth-order valence-corrected chi connectivity index (χ4v) is 5.00. The summed E-state index contributed by atoms with van der Waals surface area (Å²) in [5.74, 6) is 0.0321. The van der Waals surface area contributed by atoms with Gasteiger partial charge in [-0.2, -0.15) is 8.42 Å². The van der Waals surface area contributed by atoms with Crippen molar-refractivity contribution in [3.8, 4) is 11.5 Å². The summed E-state index contributed by atoms with van der Waals surface area (Å²) in [6.07, 6.45) is 0.476. The highest BCUT2D eigenvalue weighted by molar-refractivity contribution is 7.87. The predicted octanol–water partition coefficient (Wildman–Crippen LogP) is 2.92. The second-order valence-electron chi connectivity index (χ2n) is 6.15. The van der Waals surface area contributed by atoms with E-state index >= 15 is 0 Å². The third kappa shape index (κ3) is 2.51. The second kappa shape index (κ2) is 5.94. The minimum atomic E-state index is -4.23. The van der Waals surface area contributed by atoms with Crippen molar-refractivity contribution in [2.45, 2.75) is 10.5 Å². The van der Waals surface area contributed by atoms with Crippen LogP contribution in [0.15, 0.2) is 71.6 Å². The molecule has 27 heavy (non-hydrogen) atoms. The first-order chi connectivity index (χ1) is 12.9. The molecule has 0 saturated heterocycles. The van der Waals surface area contributed by atoms with E-state index in [0.29, 0.717) is 23.0 Å². The molecule has 136 valence electrons. The molecule has 0 atom stereocenters. The molecule has 0 aromatic heterocycles. The Hall–Kier alpha value is -3.16. The molecule has 1 aliphatic heterocycles. The van der Waals surface area contributed by atoms with Gasteiger partial charge in [0.05, 0.1) is 0 Å². The van der Waals surface area contributed by atoms with Crippen LogP contribution in [0.4, 0.5) is 0 Å². The molecular formula is C20H14O6S. The van der Waals surface area contributed by atoms with Gasteiger partial charge in [-0.05, 0) is 35.4 Å². The van der Waals surface area contributed by atoms with Crippen LogP contribution in [-0.2, 0) is 19.9 Å². The van der Waals surface area contributed by atoms with Gasteiger partial charge >= 0.3 is 0 Å². The number of rotatable bonds is 3. The number of fused-ring (bicyclic) bond motifs is 1. The highest BCUT2D eigenvalue weighted by atomic mass is 32.2. The molecule has 3 aromatic carbocycles. The molecular weight excluding hydrogens is 368 g/mol. The van der Waals surface area contributed by atoms with Crippen LogP contribution in [0.5, 0.6) is 11.5 Å². The zero-order valence-corrected chi connectivity index (χ0v) is 14.7. The van der Waals surface area contributed by atoms with Crippen molar-refractivity contribution in [3.63, 3.8) is 0 Å². The van der Waals surface area contributed by atoms with Crippen LogP contribution in [-0.4, -0.2) is 24.9 Å². The molecule has 0 bridgehead atoms. The monoisotopic (exact) mass is 382 g/mol. The Morgan fingerprint density at radius 1 is 0.815 bits per heavy atom. The van der Waals surface area contributed by atoms with Crippen molar-refractivity contribution in [1.82, 2.24) is 0 Å². The summed E-state index contributed by atoms with van der Waals surface area (Å²) >= 11 is 0. The van der Waals surface area contributed by atoms with E-state index in [0.717, 1.165) is 0 Å². The lowest BCUT2D eigenvalue weighted by atomic mass is 9.80. The van der Waals surface area contributed by atoms with E-state index < -0.39 is 15.7 Å². The van der Waals surface area contributed by atoms with Gasteiger partial charge in [0, 0.05) is 11.1 Å². The minimum absolute atomic E-state index is 0.00642. The summed E-state index contributed by atoms with van der Waals surface area (Å²) in [5.41, 5.74) is -0.336. The van der Waals surface area contributed by atoms with Gasteiger partial charge in [-0.25, -0.2) is 4.18 Å². The Morgan fingerprint density at radius 2 is 1.33 bits per heavy atom. The molecule has 0 fully saturated rings. The molecule has 6 nitrogen and oxygen atoms in total. The SMILES string of the molecule is O=Cc1cccc2c1S(=O)(=O)OC2(c1ccc(O)cc1)c1ccc(O)cc1. The maximum atomic E-state index is 12.8. The lowest BCUT2D eigenvalue weighted by Gasteiger charge is -2.29.